The van der Waals surface area contributed by atoms with Crippen molar-refractivity contribution in [2.45, 2.75) is 12.8 Å². The van der Waals surface area contributed by atoms with E-state index in [2.05, 4.69) is 20.3 Å². The first kappa shape index (κ1) is 21.4. The fraction of sp³-hybridized carbons (Fsp3) is 0.0909. The molecule has 0 saturated heterocycles. The molecule has 0 bridgehead atoms. The lowest BCUT2D eigenvalue weighted by Gasteiger charge is -2.12. The molecule has 0 atom stereocenters. The smallest absolute Gasteiger partial charge is 0.335 e. The zero-order valence-electron chi connectivity index (χ0n) is 17.0. The number of nitro benzene ring substituents is 1. The maximum absolute atomic E-state index is 11.2. The fourth-order valence-electron chi connectivity index (χ4n) is 2.88. The predicted molar refractivity (Wildman–Crippen MR) is 117 cm³/mol. The van der Waals surface area contributed by atoms with Gasteiger partial charge in [0, 0.05) is 11.8 Å². The van der Waals surface area contributed by atoms with Gasteiger partial charge in [0.2, 0.25) is 5.95 Å². The van der Waals surface area contributed by atoms with Gasteiger partial charge >= 0.3 is 18.0 Å². The number of aromatic nitrogens is 3. The van der Waals surface area contributed by atoms with Crippen molar-refractivity contribution in [1.82, 2.24) is 15.0 Å². The Kier molecular flexibility index (Phi) is 6.21. The van der Waals surface area contributed by atoms with E-state index in [4.69, 9.17) is 9.47 Å². The van der Waals surface area contributed by atoms with E-state index in [9.17, 15) is 20.0 Å². The summed E-state index contributed by atoms with van der Waals surface area (Å²) in [5, 5.41) is 23.1. The SMILES string of the molecule is O=C(O)c1cccc(Nc2nc(OC3=CCCC=C3)nc(Oc3cccc([N+](=O)[O-])c3)n2)c1. The van der Waals surface area contributed by atoms with Crippen LogP contribution in [-0.2, 0) is 0 Å². The van der Waals surface area contributed by atoms with E-state index in [1.54, 1.807) is 18.2 Å². The van der Waals surface area contributed by atoms with Crippen LogP contribution in [0.25, 0.3) is 0 Å². The minimum absolute atomic E-state index is 0.0309. The van der Waals surface area contributed by atoms with Crippen LogP contribution in [0.4, 0.5) is 17.3 Å². The summed E-state index contributed by atoms with van der Waals surface area (Å²) >= 11 is 0. The molecule has 0 unspecified atom stereocenters. The molecule has 1 aromatic heterocycles. The second-order valence-electron chi connectivity index (χ2n) is 6.78. The highest BCUT2D eigenvalue weighted by Gasteiger charge is 2.14. The second kappa shape index (κ2) is 9.56. The molecule has 33 heavy (non-hydrogen) atoms. The number of nitrogens with one attached hydrogen (secondary N) is 1. The summed E-state index contributed by atoms with van der Waals surface area (Å²) < 4.78 is 11.3. The summed E-state index contributed by atoms with van der Waals surface area (Å²) in [6.07, 6.45) is 7.33. The number of ether oxygens (including phenoxy) is 2. The van der Waals surface area contributed by atoms with Gasteiger partial charge in [0.15, 0.2) is 0 Å². The minimum atomic E-state index is -1.08. The van der Waals surface area contributed by atoms with E-state index in [0.717, 1.165) is 12.8 Å². The highest BCUT2D eigenvalue weighted by molar-refractivity contribution is 5.89. The number of hydrogen-bond acceptors (Lipinski definition) is 9. The number of carboxylic acid groups (broad SMARTS) is 1. The van der Waals surface area contributed by atoms with Crippen molar-refractivity contribution in [2.24, 2.45) is 0 Å². The highest BCUT2D eigenvalue weighted by Crippen LogP contribution is 2.26. The largest absolute Gasteiger partial charge is 0.478 e. The molecule has 166 valence electrons. The van der Waals surface area contributed by atoms with Crippen LogP contribution < -0.4 is 14.8 Å². The molecule has 0 spiro atoms. The Morgan fingerprint density at radius 2 is 1.82 bits per heavy atom. The number of benzene rings is 2. The van der Waals surface area contributed by atoms with Crippen LogP contribution in [-0.4, -0.2) is 31.0 Å². The second-order valence-corrected chi connectivity index (χ2v) is 6.78. The number of non-ortho nitro benzene ring substituents is 1. The Balaban J connectivity index is 1.65. The number of allylic oxidation sites excluding steroid dienone is 3. The third-order valence-corrected chi connectivity index (χ3v) is 4.37. The van der Waals surface area contributed by atoms with Gasteiger partial charge < -0.3 is 19.9 Å². The molecular weight excluding hydrogens is 430 g/mol. The van der Waals surface area contributed by atoms with Crippen LogP contribution >= 0.6 is 0 Å². The third-order valence-electron chi connectivity index (χ3n) is 4.37. The van der Waals surface area contributed by atoms with Crippen molar-refractivity contribution in [2.75, 3.05) is 5.32 Å². The topological polar surface area (TPSA) is 150 Å². The number of carbonyl (C=O) groups is 1. The number of carboxylic acids is 1. The monoisotopic (exact) mass is 447 g/mol. The number of nitrogens with zero attached hydrogens (tertiary/aromatic N) is 4. The summed E-state index contributed by atoms with van der Waals surface area (Å²) in [5.74, 6) is -0.350. The summed E-state index contributed by atoms with van der Waals surface area (Å²) in [7, 11) is 0. The van der Waals surface area contributed by atoms with Crippen LogP contribution in [0.15, 0.2) is 72.5 Å². The maximum Gasteiger partial charge on any atom is 0.335 e. The van der Waals surface area contributed by atoms with Gasteiger partial charge in [-0.2, -0.15) is 9.97 Å². The molecule has 1 aliphatic carbocycles. The van der Waals surface area contributed by atoms with Gasteiger partial charge in [-0.05, 0) is 49.3 Å². The average molecular weight is 447 g/mol. The molecule has 11 heteroatoms. The van der Waals surface area contributed by atoms with E-state index in [1.165, 1.54) is 36.4 Å². The molecule has 1 aliphatic rings. The zero-order chi connectivity index (χ0) is 23.2. The minimum Gasteiger partial charge on any atom is -0.478 e. The standard InChI is InChI=1S/C22H17N5O6/c28-19(29)14-6-4-7-15(12-14)23-20-24-21(32-17-9-2-1-3-10-17)26-22(25-20)33-18-11-5-8-16(13-18)27(30)31/h2,4-13H,1,3H2,(H,28,29)(H,23,24,25,26). The van der Waals surface area contributed by atoms with E-state index in [-0.39, 0.29) is 35.0 Å². The van der Waals surface area contributed by atoms with Gasteiger partial charge in [-0.1, -0.05) is 18.2 Å². The lowest BCUT2D eigenvalue weighted by Crippen LogP contribution is -2.06. The molecule has 4 rings (SSSR count). The Morgan fingerprint density at radius 1 is 1.03 bits per heavy atom. The number of rotatable bonds is 8. The first-order valence-corrected chi connectivity index (χ1v) is 9.79. The van der Waals surface area contributed by atoms with Gasteiger partial charge in [0.1, 0.15) is 11.5 Å². The van der Waals surface area contributed by atoms with E-state index in [1.807, 2.05) is 12.2 Å². The Bertz CT molecular complexity index is 1200. The van der Waals surface area contributed by atoms with Crippen molar-refractivity contribution >= 4 is 23.3 Å². The van der Waals surface area contributed by atoms with Gasteiger partial charge in [-0.3, -0.25) is 10.1 Å². The van der Waals surface area contributed by atoms with Crippen LogP contribution in [0, 0.1) is 10.1 Å². The predicted octanol–water partition coefficient (Wildman–Crippen LogP) is 4.63. The molecule has 2 aromatic carbocycles. The normalized spacial score (nSPS) is 12.5. The van der Waals surface area contributed by atoms with Gasteiger partial charge in [0.05, 0.1) is 16.6 Å². The summed E-state index contributed by atoms with van der Waals surface area (Å²) in [6, 6.07) is 11.4. The van der Waals surface area contributed by atoms with Gasteiger partial charge in [-0.15, -0.1) is 4.98 Å². The molecule has 1 heterocycles. The first-order valence-electron chi connectivity index (χ1n) is 9.79. The van der Waals surface area contributed by atoms with Crippen LogP contribution in [0.5, 0.6) is 17.8 Å². The Labute approximate surface area is 187 Å². The van der Waals surface area contributed by atoms with Crippen LogP contribution in [0.3, 0.4) is 0 Å². The molecule has 11 nitrogen and oxygen atoms in total. The van der Waals surface area contributed by atoms with Gasteiger partial charge in [0.25, 0.3) is 5.69 Å². The summed E-state index contributed by atoms with van der Waals surface area (Å²) in [4.78, 5) is 34.3. The van der Waals surface area contributed by atoms with Crippen molar-refractivity contribution in [3.63, 3.8) is 0 Å². The van der Waals surface area contributed by atoms with Crippen molar-refractivity contribution in [1.29, 1.82) is 0 Å². The Hall–Kier alpha value is -4.80. The van der Waals surface area contributed by atoms with Crippen molar-refractivity contribution in [3.8, 4) is 17.8 Å². The quantitative estimate of drug-likeness (QED) is 0.369. The molecule has 0 amide bonds. The zero-order valence-corrected chi connectivity index (χ0v) is 17.0. The number of nitro groups is 1. The lowest BCUT2D eigenvalue weighted by atomic mass is 10.2. The molecule has 0 radical (unpaired) electrons. The van der Waals surface area contributed by atoms with E-state index in [0.29, 0.717) is 11.4 Å². The molecular formula is C22H17N5O6. The maximum atomic E-state index is 11.2. The third kappa shape index (κ3) is 5.67. The number of anilines is 2. The van der Waals surface area contributed by atoms with Crippen molar-refractivity contribution < 1.29 is 24.3 Å². The first-order chi connectivity index (χ1) is 16.0. The summed E-state index contributed by atoms with van der Waals surface area (Å²) in [6.45, 7) is 0. The number of hydrogen-bond donors (Lipinski definition) is 2. The summed E-state index contributed by atoms with van der Waals surface area (Å²) in [5.41, 5.74) is 0.348. The van der Waals surface area contributed by atoms with E-state index < -0.39 is 10.9 Å². The molecule has 0 aliphatic heterocycles. The van der Waals surface area contributed by atoms with Gasteiger partial charge in [-0.25, -0.2) is 4.79 Å². The lowest BCUT2D eigenvalue weighted by molar-refractivity contribution is -0.384. The number of aromatic carboxylic acids is 1. The molecule has 0 fully saturated rings. The molecule has 0 saturated carbocycles. The van der Waals surface area contributed by atoms with E-state index >= 15 is 0 Å². The van der Waals surface area contributed by atoms with Crippen LogP contribution in [0.2, 0.25) is 0 Å². The highest BCUT2D eigenvalue weighted by atomic mass is 16.6. The average Bonchev–Trinajstić information content (AvgIpc) is 2.80. The molecule has 2 N–H and O–H groups in total. The van der Waals surface area contributed by atoms with Crippen LogP contribution in [0.1, 0.15) is 23.2 Å². The fourth-order valence-corrected chi connectivity index (χ4v) is 2.88. The Morgan fingerprint density at radius 3 is 2.55 bits per heavy atom. The van der Waals surface area contributed by atoms with Crippen molar-refractivity contribution in [3.05, 3.63) is 88.2 Å². The molecule has 3 aromatic rings.